The molecular formula is C27H31N5O4S. The lowest BCUT2D eigenvalue weighted by Gasteiger charge is -2.22. The largest absolute Gasteiger partial charge is 0.497 e. The summed E-state index contributed by atoms with van der Waals surface area (Å²) < 4.78 is 12.7. The monoisotopic (exact) mass is 521 g/mol. The van der Waals surface area contributed by atoms with Crippen molar-refractivity contribution < 1.29 is 19.1 Å². The molecule has 0 saturated heterocycles. The topological polar surface area (TPSA) is 118 Å². The molecule has 10 heteroatoms. The smallest absolute Gasteiger partial charge is 0.407 e. The second kappa shape index (κ2) is 11.9. The minimum atomic E-state index is -0.477. The molecule has 194 valence electrons. The van der Waals surface area contributed by atoms with Crippen molar-refractivity contribution >= 4 is 28.3 Å². The number of amides is 2. The predicted octanol–water partition coefficient (Wildman–Crippen LogP) is 4.76. The van der Waals surface area contributed by atoms with Crippen molar-refractivity contribution in [3.05, 3.63) is 63.8 Å². The van der Waals surface area contributed by atoms with Crippen LogP contribution in [-0.2, 0) is 35.5 Å². The number of fused-ring (bicyclic) bond motifs is 1. The predicted molar refractivity (Wildman–Crippen MR) is 141 cm³/mol. The van der Waals surface area contributed by atoms with Gasteiger partial charge in [-0.2, -0.15) is 10.4 Å². The van der Waals surface area contributed by atoms with E-state index in [0.717, 1.165) is 34.0 Å². The summed E-state index contributed by atoms with van der Waals surface area (Å²) in [5.74, 6) is 0.590. The summed E-state index contributed by atoms with van der Waals surface area (Å²) in [6.07, 6.45) is 2.98. The molecule has 2 N–H and O–H groups in total. The summed E-state index contributed by atoms with van der Waals surface area (Å²) in [6, 6.07) is 11.8. The molecule has 9 nitrogen and oxygen atoms in total. The number of thiophene rings is 1. The van der Waals surface area contributed by atoms with Crippen molar-refractivity contribution in [2.75, 3.05) is 12.4 Å². The molecule has 1 aliphatic rings. The summed E-state index contributed by atoms with van der Waals surface area (Å²) in [4.78, 5) is 26.2. The SMILES string of the molecule is CCn1nccc1CNC(=O)OC1CCc2c(sc(NC(=O)CC(C)c3cccc(OC)c3)c2C#N)C1. The highest BCUT2D eigenvalue weighted by Gasteiger charge is 2.28. The van der Waals surface area contributed by atoms with Gasteiger partial charge in [0.05, 0.1) is 24.9 Å². The molecule has 2 amide bonds. The molecule has 2 unspecified atom stereocenters. The van der Waals surface area contributed by atoms with Crippen LogP contribution in [0, 0.1) is 11.3 Å². The van der Waals surface area contributed by atoms with Gasteiger partial charge in [-0.05, 0) is 55.0 Å². The molecule has 0 fully saturated rings. The van der Waals surface area contributed by atoms with Gasteiger partial charge >= 0.3 is 6.09 Å². The van der Waals surface area contributed by atoms with Crippen LogP contribution in [0.3, 0.4) is 0 Å². The van der Waals surface area contributed by atoms with E-state index in [1.54, 1.807) is 13.3 Å². The van der Waals surface area contributed by atoms with Crippen molar-refractivity contribution in [1.29, 1.82) is 5.26 Å². The second-order valence-electron chi connectivity index (χ2n) is 9.01. The first-order valence-electron chi connectivity index (χ1n) is 12.3. The Bertz CT molecular complexity index is 1310. The molecule has 0 aliphatic heterocycles. The zero-order chi connectivity index (χ0) is 26.4. The van der Waals surface area contributed by atoms with Crippen LogP contribution in [0.1, 0.15) is 59.9 Å². The molecular weight excluding hydrogens is 490 g/mol. The van der Waals surface area contributed by atoms with Crippen molar-refractivity contribution in [2.24, 2.45) is 0 Å². The van der Waals surface area contributed by atoms with Gasteiger partial charge in [-0.25, -0.2) is 4.79 Å². The molecule has 4 rings (SSSR count). The first-order valence-corrected chi connectivity index (χ1v) is 13.2. The third kappa shape index (κ3) is 6.30. The van der Waals surface area contributed by atoms with Gasteiger partial charge in [0.1, 0.15) is 22.9 Å². The maximum atomic E-state index is 12.8. The number of methoxy groups -OCH3 is 1. The number of nitriles is 1. The second-order valence-corrected chi connectivity index (χ2v) is 10.1. The zero-order valence-electron chi connectivity index (χ0n) is 21.2. The average molecular weight is 522 g/mol. The number of aromatic nitrogens is 2. The van der Waals surface area contributed by atoms with E-state index < -0.39 is 6.09 Å². The lowest BCUT2D eigenvalue weighted by Crippen LogP contribution is -2.32. The first kappa shape index (κ1) is 26.2. The van der Waals surface area contributed by atoms with Crippen LogP contribution in [0.4, 0.5) is 9.80 Å². The maximum Gasteiger partial charge on any atom is 0.407 e. The maximum absolute atomic E-state index is 12.8. The number of carbonyl (C=O) groups is 2. The summed E-state index contributed by atoms with van der Waals surface area (Å²) in [5.41, 5.74) is 3.37. The molecule has 0 radical (unpaired) electrons. The average Bonchev–Trinajstić information content (AvgIpc) is 3.50. The Kier molecular flexibility index (Phi) is 8.46. The number of nitrogens with zero attached hydrogens (tertiary/aromatic N) is 3. The molecule has 1 aromatic carbocycles. The van der Waals surface area contributed by atoms with Crippen molar-refractivity contribution in [1.82, 2.24) is 15.1 Å². The van der Waals surface area contributed by atoms with Gasteiger partial charge in [0, 0.05) is 30.5 Å². The molecule has 0 spiro atoms. The number of ether oxygens (including phenoxy) is 2. The van der Waals surface area contributed by atoms with E-state index in [1.807, 2.05) is 48.9 Å². The molecule has 2 heterocycles. The van der Waals surface area contributed by atoms with Gasteiger partial charge in [-0.1, -0.05) is 19.1 Å². The highest BCUT2D eigenvalue weighted by Crippen LogP contribution is 2.38. The third-order valence-electron chi connectivity index (χ3n) is 6.53. The highest BCUT2D eigenvalue weighted by molar-refractivity contribution is 7.16. The Morgan fingerprint density at radius 3 is 2.95 bits per heavy atom. The van der Waals surface area contributed by atoms with Crippen LogP contribution in [0.2, 0.25) is 0 Å². The Morgan fingerprint density at radius 2 is 2.19 bits per heavy atom. The van der Waals surface area contributed by atoms with E-state index in [2.05, 4.69) is 21.8 Å². The van der Waals surface area contributed by atoms with E-state index in [4.69, 9.17) is 9.47 Å². The Morgan fingerprint density at radius 1 is 1.35 bits per heavy atom. The number of benzene rings is 1. The van der Waals surface area contributed by atoms with Crippen LogP contribution in [0.25, 0.3) is 0 Å². The van der Waals surface area contributed by atoms with E-state index in [9.17, 15) is 14.9 Å². The van der Waals surface area contributed by atoms with E-state index in [0.29, 0.717) is 36.4 Å². The number of aryl methyl sites for hydroxylation is 1. The minimum Gasteiger partial charge on any atom is -0.497 e. The Labute approximate surface area is 220 Å². The van der Waals surface area contributed by atoms with E-state index in [-0.39, 0.29) is 24.3 Å². The summed E-state index contributed by atoms with van der Waals surface area (Å²) in [5, 5.41) is 20.3. The fraction of sp³-hybridized carbons (Fsp3) is 0.407. The van der Waals surface area contributed by atoms with Crippen LogP contribution < -0.4 is 15.4 Å². The Hall–Kier alpha value is -3.84. The van der Waals surface area contributed by atoms with Gasteiger partial charge in [-0.3, -0.25) is 9.48 Å². The molecule has 37 heavy (non-hydrogen) atoms. The Balaban J connectivity index is 1.34. The van der Waals surface area contributed by atoms with Gasteiger partial charge in [0.15, 0.2) is 0 Å². The zero-order valence-corrected chi connectivity index (χ0v) is 22.1. The summed E-state index contributed by atoms with van der Waals surface area (Å²) in [7, 11) is 1.62. The highest BCUT2D eigenvalue weighted by atomic mass is 32.1. The fourth-order valence-electron chi connectivity index (χ4n) is 4.53. The van der Waals surface area contributed by atoms with Crippen LogP contribution in [0.5, 0.6) is 5.75 Å². The molecule has 2 atom stereocenters. The van der Waals surface area contributed by atoms with Crippen LogP contribution in [-0.4, -0.2) is 35.0 Å². The molecule has 3 aromatic rings. The third-order valence-corrected chi connectivity index (χ3v) is 7.70. The molecule has 0 bridgehead atoms. The quantitative estimate of drug-likeness (QED) is 0.419. The number of hydrogen-bond donors (Lipinski definition) is 2. The number of nitrogens with one attached hydrogen (secondary N) is 2. The minimum absolute atomic E-state index is 0.0116. The van der Waals surface area contributed by atoms with Crippen molar-refractivity contribution in [2.45, 2.75) is 64.6 Å². The molecule has 0 saturated carbocycles. The van der Waals surface area contributed by atoms with Gasteiger partial charge < -0.3 is 20.1 Å². The summed E-state index contributed by atoms with van der Waals surface area (Å²) in [6.45, 7) is 5.04. The number of rotatable bonds is 9. The van der Waals surface area contributed by atoms with E-state index in [1.165, 1.54) is 11.3 Å². The number of alkyl carbamates (subject to hydrolysis) is 1. The first-order chi connectivity index (χ1) is 17.9. The van der Waals surface area contributed by atoms with Gasteiger partial charge in [0.2, 0.25) is 5.91 Å². The lowest BCUT2D eigenvalue weighted by atomic mass is 9.93. The number of carbonyl (C=O) groups excluding carboxylic acids is 2. The fourth-order valence-corrected chi connectivity index (χ4v) is 5.81. The summed E-state index contributed by atoms with van der Waals surface area (Å²) >= 11 is 1.39. The van der Waals surface area contributed by atoms with Crippen LogP contribution >= 0.6 is 11.3 Å². The normalized spacial score (nSPS) is 15.2. The van der Waals surface area contributed by atoms with Crippen molar-refractivity contribution in [3.8, 4) is 11.8 Å². The molecule has 2 aromatic heterocycles. The standard InChI is InChI=1S/C27H31N5O4S/c1-4-32-19(10-11-30-32)16-29-27(34)36-21-8-9-22-23(15-28)26(37-24(22)14-21)31-25(33)12-17(2)18-6-5-7-20(13-18)35-3/h5-7,10-11,13,17,21H,4,8-9,12,14,16H2,1-3H3,(H,29,34)(H,31,33). The van der Waals surface area contributed by atoms with Crippen LogP contribution in [0.15, 0.2) is 36.5 Å². The lowest BCUT2D eigenvalue weighted by molar-refractivity contribution is -0.116. The van der Waals surface area contributed by atoms with Gasteiger partial charge in [-0.15, -0.1) is 11.3 Å². The number of anilines is 1. The van der Waals surface area contributed by atoms with Crippen molar-refractivity contribution in [3.63, 3.8) is 0 Å². The van der Waals surface area contributed by atoms with E-state index >= 15 is 0 Å². The number of hydrogen-bond acceptors (Lipinski definition) is 7. The molecule has 1 aliphatic carbocycles. The van der Waals surface area contributed by atoms with Gasteiger partial charge in [0.25, 0.3) is 0 Å².